The third-order valence-electron chi connectivity index (χ3n) is 3.58. The molecule has 8 heteroatoms. The van der Waals surface area contributed by atoms with Gasteiger partial charge in [-0.1, -0.05) is 32.0 Å². The second kappa shape index (κ2) is 8.15. The summed E-state index contributed by atoms with van der Waals surface area (Å²) in [5, 5.41) is 0.279. The van der Waals surface area contributed by atoms with E-state index in [2.05, 4.69) is 4.98 Å². The fraction of sp³-hybridized carbons (Fsp3) is 0.353. The summed E-state index contributed by atoms with van der Waals surface area (Å²) >= 11 is 4.95. The Morgan fingerprint density at radius 2 is 1.92 bits per heavy atom. The van der Waals surface area contributed by atoms with Gasteiger partial charge in [0, 0.05) is 11.5 Å². The Bertz CT molecular complexity index is 777. The first-order valence-electron chi connectivity index (χ1n) is 7.63. The van der Waals surface area contributed by atoms with E-state index in [-0.39, 0.29) is 11.0 Å². The molecule has 0 fully saturated rings. The summed E-state index contributed by atoms with van der Waals surface area (Å²) in [5.74, 6) is -2.45. The van der Waals surface area contributed by atoms with Gasteiger partial charge >= 0.3 is 5.97 Å². The van der Waals surface area contributed by atoms with Crippen molar-refractivity contribution >= 4 is 23.2 Å². The van der Waals surface area contributed by atoms with Gasteiger partial charge in [-0.05, 0) is 25.2 Å². The molecule has 0 saturated carbocycles. The smallest absolute Gasteiger partial charge is 0.362 e. The van der Waals surface area contributed by atoms with Crippen LogP contribution in [0.2, 0.25) is 0 Å². The van der Waals surface area contributed by atoms with Crippen molar-refractivity contribution in [2.24, 2.45) is 5.92 Å². The van der Waals surface area contributed by atoms with Crippen molar-refractivity contribution in [3.05, 3.63) is 53.6 Å². The average molecular weight is 368 g/mol. The highest BCUT2D eigenvalue weighted by molar-refractivity contribution is 7.80. The van der Waals surface area contributed by atoms with Crippen molar-refractivity contribution in [2.75, 3.05) is 6.79 Å². The van der Waals surface area contributed by atoms with E-state index in [4.69, 9.17) is 21.7 Å². The van der Waals surface area contributed by atoms with Gasteiger partial charge in [0.15, 0.2) is 10.7 Å². The molecule has 0 saturated heterocycles. The Morgan fingerprint density at radius 3 is 2.56 bits per heavy atom. The van der Waals surface area contributed by atoms with Crippen molar-refractivity contribution in [2.45, 2.75) is 26.8 Å². The number of rotatable bonds is 6. The van der Waals surface area contributed by atoms with E-state index < -0.39 is 36.3 Å². The molecule has 0 radical (unpaired) electrons. The standard InChI is InChI=1S/C17H18F2N2O3S/c1-10(2)17(25)24-9-23-16(22)14-15(19)20-8-21(14)11(3)12-6-4-5-7-13(12)18/h4-8,10-11H,9H2,1-3H3/t11-/m1/s1. The van der Waals surface area contributed by atoms with Crippen LogP contribution in [0.1, 0.15) is 42.9 Å². The van der Waals surface area contributed by atoms with Gasteiger partial charge in [-0.25, -0.2) is 14.2 Å². The van der Waals surface area contributed by atoms with E-state index in [0.29, 0.717) is 5.56 Å². The number of carbonyl (C=O) groups excluding carboxylic acids is 1. The van der Waals surface area contributed by atoms with Gasteiger partial charge in [-0.15, -0.1) is 0 Å². The number of esters is 1. The van der Waals surface area contributed by atoms with Crippen LogP contribution in [0.3, 0.4) is 0 Å². The van der Waals surface area contributed by atoms with Crippen molar-refractivity contribution < 1.29 is 23.0 Å². The first-order valence-corrected chi connectivity index (χ1v) is 8.04. The maximum Gasteiger partial charge on any atom is 0.362 e. The number of imidazole rings is 1. The molecule has 0 aliphatic heterocycles. The van der Waals surface area contributed by atoms with E-state index in [1.807, 2.05) is 13.8 Å². The molecule has 25 heavy (non-hydrogen) atoms. The maximum absolute atomic E-state index is 14.0. The van der Waals surface area contributed by atoms with E-state index in [0.717, 1.165) is 6.33 Å². The second-order valence-corrected chi connectivity index (χ2v) is 6.06. The first-order chi connectivity index (χ1) is 11.8. The molecule has 2 rings (SSSR count). The van der Waals surface area contributed by atoms with Crippen molar-refractivity contribution in [3.8, 4) is 0 Å². The molecule has 1 aromatic carbocycles. The number of hydrogen-bond acceptors (Lipinski definition) is 5. The number of halogens is 2. The van der Waals surface area contributed by atoms with Crippen molar-refractivity contribution in [1.29, 1.82) is 0 Å². The van der Waals surface area contributed by atoms with Crippen LogP contribution in [0.15, 0.2) is 30.6 Å². The van der Waals surface area contributed by atoms with Crippen LogP contribution >= 0.6 is 12.2 Å². The third-order valence-corrected chi connectivity index (χ3v) is 4.17. The van der Waals surface area contributed by atoms with E-state index >= 15 is 0 Å². The molecular formula is C17H18F2N2O3S. The Hall–Kier alpha value is -2.35. The molecule has 1 aromatic heterocycles. The molecule has 0 unspecified atom stereocenters. The highest BCUT2D eigenvalue weighted by Gasteiger charge is 2.25. The third kappa shape index (κ3) is 4.39. The number of ether oxygens (including phenoxy) is 2. The van der Waals surface area contributed by atoms with Gasteiger partial charge in [0.05, 0.1) is 12.4 Å². The highest BCUT2D eigenvalue weighted by Crippen LogP contribution is 2.23. The quantitative estimate of drug-likeness (QED) is 0.440. The van der Waals surface area contributed by atoms with Gasteiger partial charge in [0.1, 0.15) is 5.82 Å². The number of carbonyl (C=O) groups is 1. The predicted octanol–water partition coefficient (Wildman–Crippen LogP) is 3.88. The van der Waals surface area contributed by atoms with E-state index in [1.54, 1.807) is 25.1 Å². The summed E-state index contributed by atoms with van der Waals surface area (Å²) in [6, 6.07) is 5.39. The molecule has 1 heterocycles. The summed E-state index contributed by atoms with van der Waals surface area (Å²) in [4.78, 5) is 15.7. The predicted molar refractivity (Wildman–Crippen MR) is 91.2 cm³/mol. The Balaban J connectivity index is 2.17. The molecule has 134 valence electrons. The lowest BCUT2D eigenvalue weighted by atomic mass is 10.1. The lowest BCUT2D eigenvalue weighted by Gasteiger charge is -2.17. The van der Waals surface area contributed by atoms with Crippen LogP contribution in [0, 0.1) is 17.7 Å². The maximum atomic E-state index is 14.0. The first kappa shape index (κ1) is 19.0. The number of nitrogens with zero attached hydrogens (tertiary/aromatic N) is 2. The summed E-state index contributed by atoms with van der Waals surface area (Å²) in [6.07, 6.45) is 1.13. The fourth-order valence-corrected chi connectivity index (χ4v) is 2.21. The molecule has 2 aromatic rings. The van der Waals surface area contributed by atoms with Crippen LogP contribution in [0.4, 0.5) is 8.78 Å². The Kier molecular flexibility index (Phi) is 6.19. The lowest BCUT2D eigenvalue weighted by molar-refractivity contribution is 0.00926. The van der Waals surface area contributed by atoms with Crippen LogP contribution in [0.25, 0.3) is 0 Å². The minimum absolute atomic E-state index is 0.0166. The zero-order valence-corrected chi connectivity index (χ0v) is 14.8. The molecule has 1 atom stereocenters. The van der Waals surface area contributed by atoms with Crippen LogP contribution in [-0.4, -0.2) is 27.4 Å². The largest absolute Gasteiger partial charge is 0.451 e. The van der Waals surface area contributed by atoms with Gasteiger partial charge in [0.2, 0.25) is 12.7 Å². The normalized spacial score (nSPS) is 12.1. The minimum Gasteiger partial charge on any atom is -0.451 e. The molecule has 0 N–H and O–H groups in total. The van der Waals surface area contributed by atoms with Gasteiger partial charge in [0.25, 0.3) is 0 Å². The van der Waals surface area contributed by atoms with Crippen LogP contribution in [0.5, 0.6) is 0 Å². The van der Waals surface area contributed by atoms with Gasteiger partial charge in [-0.2, -0.15) is 4.39 Å². The molecule has 0 aliphatic rings. The molecular weight excluding hydrogens is 350 g/mol. The average Bonchev–Trinajstić information content (AvgIpc) is 2.96. The topological polar surface area (TPSA) is 53.4 Å². The summed E-state index contributed by atoms with van der Waals surface area (Å²) in [6.45, 7) is 4.85. The Morgan fingerprint density at radius 1 is 1.24 bits per heavy atom. The fourth-order valence-electron chi connectivity index (χ4n) is 2.16. The summed E-state index contributed by atoms with van der Waals surface area (Å²) in [5.41, 5.74) is -0.110. The van der Waals surface area contributed by atoms with Crippen LogP contribution < -0.4 is 0 Å². The van der Waals surface area contributed by atoms with Crippen molar-refractivity contribution in [1.82, 2.24) is 9.55 Å². The highest BCUT2D eigenvalue weighted by atomic mass is 32.1. The second-order valence-electron chi connectivity index (χ2n) is 5.66. The Labute approximate surface area is 149 Å². The number of aromatic nitrogens is 2. The summed E-state index contributed by atoms with van der Waals surface area (Å²) in [7, 11) is 0. The molecule has 0 spiro atoms. The number of benzene rings is 1. The number of thiocarbonyl (C=S) groups is 1. The summed E-state index contributed by atoms with van der Waals surface area (Å²) < 4.78 is 39.1. The monoisotopic (exact) mass is 368 g/mol. The number of hydrogen-bond donors (Lipinski definition) is 0. The zero-order chi connectivity index (χ0) is 18.6. The molecule has 0 amide bonds. The van der Waals surface area contributed by atoms with Crippen LogP contribution in [-0.2, 0) is 9.47 Å². The SMILES string of the molecule is CC(C)C(=S)OCOC(=O)c1c(F)ncn1[C@H](C)c1ccccc1F. The lowest BCUT2D eigenvalue weighted by Crippen LogP contribution is -2.20. The van der Waals surface area contributed by atoms with E-state index in [1.165, 1.54) is 10.6 Å². The van der Waals surface area contributed by atoms with Gasteiger partial charge < -0.3 is 14.0 Å². The molecule has 0 aliphatic carbocycles. The minimum atomic E-state index is -1.00. The zero-order valence-electron chi connectivity index (χ0n) is 14.0. The molecule has 5 nitrogen and oxygen atoms in total. The molecule has 0 bridgehead atoms. The van der Waals surface area contributed by atoms with E-state index in [9.17, 15) is 13.6 Å². The van der Waals surface area contributed by atoms with Gasteiger partial charge in [-0.3, -0.25) is 0 Å². The van der Waals surface area contributed by atoms with Crippen molar-refractivity contribution in [3.63, 3.8) is 0 Å².